The van der Waals surface area contributed by atoms with Gasteiger partial charge in [0.05, 0.1) is 24.7 Å². The third-order valence-corrected chi connectivity index (χ3v) is 3.16. The molecule has 0 saturated heterocycles. The fraction of sp³-hybridized carbons (Fsp3) is 0.333. The average Bonchev–Trinajstić information content (AvgIpc) is 2.90. The Morgan fingerprint density at radius 2 is 1.91 bits per heavy atom. The molecule has 0 unspecified atom stereocenters. The lowest BCUT2D eigenvalue weighted by Gasteiger charge is -2.07. The molecule has 2 N–H and O–H groups in total. The summed E-state index contributed by atoms with van der Waals surface area (Å²) in [6, 6.07) is 4.95. The molecule has 0 atom stereocenters. The number of alkyl halides is 3. The van der Waals surface area contributed by atoms with Crippen molar-refractivity contribution in [2.45, 2.75) is 25.7 Å². The molecule has 2 aromatic rings. The van der Waals surface area contributed by atoms with E-state index in [0.29, 0.717) is 25.2 Å². The number of aromatic nitrogens is 2. The SMILES string of the molecule is O=C(O)CCNCc1cnn(Cc2ccc(C(F)(F)F)cc2)c1. The van der Waals surface area contributed by atoms with Crippen molar-refractivity contribution < 1.29 is 23.1 Å². The van der Waals surface area contributed by atoms with Crippen LogP contribution in [0.5, 0.6) is 0 Å². The number of benzene rings is 1. The highest BCUT2D eigenvalue weighted by Crippen LogP contribution is 2.29. The summed E-state index contributed by atoms with van der Waals surface area (Å²) in [5, 5.41) is 15.6. The van der Waals surface area contributed by atoms with E-state index in [9.17, 15) is 18.0 Å². The van der Waals surface area contributed by atoms with E-state index in [2.05, 4.69) is 10.4 Å². The third-order valence-electron chi connectivity index (χ3n) is 3.16. The van der Waals surface area contributed by atoms with Crippen molar-refractivity contribution >= 4 is 5.97 Å². The van der Waals surface area contributed by atoms with Crippen molar-refractivity contribution in [3.05, 3.63) is 53.3 Å². The van der Waals surface area contributed by atoms with E-state index in [0.717, 1.165) is 17.7 Å². The first-order chi connectivity index (χ1) is 10.8. The molecule has 8 heteroatoms. The second-order valence-corrected chi connectivity index (χ2v) is 5.06. The Morgan fingerprint density at radius 1 is 1.22 bits per heavy atom. The molecule has 0 amide bonds. The van der Waals surface area contributed by atoms with Gasteiger partial charge in [-0.25, -0.2) is 0 Å². The molecule has 2 rings (SSSR count). The molecule has 0 radical (unpaired) electrons. The highest BCUT2D eigenvalue weighted by Gasteiger charge is 2.29. The van der Waals surface area contributed by atoms with E-state index in [1.807, 2.05) is 0 Å². The van der Waals surface area contributed by atoms with E-state index in [-0.39, 0.29) is 6.42 Å². The Bertz CT molecular complexity index is 651. The maximum absolute atomic E-state index is 12.5. The van der Waals surface area contributed by atoms with Gasteiger partial charge in [-0.05, 0) is 17.7 Å². The van der Waals surface area contributed by atoms with Gasteiger partial charge >= 0.3 is 12.1 Å². The zero-order valence-electron chi connectivity index (χ0n) is 12.2. The van der Waals surface area contributed by atoms with Crippen LogP contribution in [0.15, 0.2) is 36.7 Å². The van der Waals surface area contributed by atoms with E-state index in [4.69, 9.17) is 5.11 Å². The molecule has 1 aromatic carbocycles. The van der Waals surface area contributed by atoms with Crippen molar-refractivity contribution in [1.29, 1.82) is 0 Å². The summed E-state index contributed by atoms with van der Waals surface area (Å²) < 4.78 is 39.1. The fourth-order valence-corrected chi connectivity index (χ4v) is 2.00. The Labute approximate surface area is 130 Å². The zero-order valence-corrected chi connectivity index (χ0v) is 12.2. The van der Waals surface area contributed by atoms with Crippen LogP contribution in [-0.2, 0) is 24.1 Å². The summed E-state index contributed by atoms with van der Waals surface area (Å²) in [7, 11) is 0. The maximum atomic E-state index is 12.5. The van der Waals surface area contributed by atoms with Gasteiger partial charge in [0.25, 0.3) is 0 Å². The molecular weight excluding hydrogens is 311 g/mol. The monoisotopic (exact) mass is 327 g/mol. The summed E-state index contributed by atoms with van der Waals surface area (Å²) in [4.78, 5) is 10.4. The molecule has 23 heavy (non-hydrogen) atoms. The van der Waals surface area contributed by atoms with Crippen LogP contribution in [-0.4, -0.2) is 27.4 Å². The standard InChI is InChI=1S/C15H16F3N3O2/c16-15(17,18)13-3-1-11(2-4-13)9-21-10-12(8-20-21)7-19-6-5-14(22)23/h1-4,8,10,19H,5-7,9H2,(H,22,23). The number of aliphatic carboxylic acids is 1. The molecule has 5 nitrogen and oxygen atoms in total. The minimum atomic E-state index is -4.33. The Balaban J connectivity index is 1.87. The number of halogens is 3. The first-order valence-electron chi connectivity index (χ1n) is 6.94. The van der Waals surface area contributed by atoms with E-state index in [1.54, 1.807) is 17.1 Å². The molecule has 0 aliphatic heterocycles. The van der Waals surface area contributed by atoms with Crippen molar-refractivity contribution in [2.24, 2.45) is 0 Å². The maximum Gasteiger partial charge on any atom is 0.416 e. The van der Waals surface area contributed by atoms with Crippen molar-refractivity contribution in [2.75, 3.05) is 6.54 Å². The van der Waals surface area contributed by atoms with E-state index in [1.165, 1.54) is 12.1 Å². The zero-order chi connectivity index (χ0) is 16.9. The minimum absolute atomic E-state index is 0.0414. The number of nitrogens with zero attached hydrogens (tertiary/aromatic N) is 2. The van der Waals surface area contributed by atoms with Gasteiger partial charge in [-0.3, -0.25) is 9.48 Å². The first-order valence-corrected chi connectivity index (χ1v) is 6.94. The lowest BCUT2D eigenvalue weighted by molar-refractivity contribution is -0.138. The summed E-state index contributed by atoms with van der Waals surface area (Å²) >= 11 is 0. The number of carboxylic acids is 1. The van der Waals surface area contributed by atoms with E-state index >= 15 is 0 Å². The van der Waals surface area contributed by atoms with Crippen LogP contribution >= 0.6 is 0 Å². The average molecular weight is 327 g/mol. The summed E-state index contributed by atoms with van der Waals surface area (Å²) in [5.74, 6) is -0.865. The normalized spacial score (nSPS) is 11.6. The molecule has 1 heterocycles. The Hall–Kier alpha value is -2.35. The number of carbonyl (C=O) groups is 1. The van der Waals surface area contributed by atoms with Crippen molar-refractivity contribution in [1.82, 2.24) is 15.1 Å². The summed E-state index contributed by atoms with van der Waals surface area (Å²) in [6.45, 7) is 1.22. The number of carboxylic acid groups (broad SMARTS) is 1. The van der Waals surface area contributed by atoms with Crippen LogP contribution in [0, 0.1) is 0 Å². The quantitative estimate of drug-likeness (QED) is 0.767. The topological polar surface area (TPSA) is 67.2 Å². The number of hydrogen-bond acceptors (Lipinski definition) is 3. The third kappa shape index (κ3) is 5.41. The van der Waals surface area contributed by atoms with Crippen molar-refractivity contribution in [3.63, 3.8) is 0 Å². The van der Waals surface area contributed by atoms with Gasteiger partial charge in [-0.1, -0.05) is 12.1 Å². The fourth-order valence-electron chi connectivity index (χ4n) is 2.00. The molecule has 0 bridgehead atoms. The number of rotatable bonds is 7. The van der Waals surface area contributed by atoms with Gasteiger partial charge in [0.1, 0.15) is 0 Å². The second kappa shape index (κ2) is 7.28. The lowest BCUT2D eigenvalue weighted by Crippen LogP contribution is -2.17. The second-order valence-electron chi connectivity index (χ2n) is 5.06. The molecule has 0 aliphatic rings. The van der Waals surface area contributed by atoms with Gasteiger partial charge in [-0.15, -0.1) is 0 Å². The molecule has 0 saturated carbocycles. The molecule has 124 valence electrons. The van der Waals surface area contributed by atoms with Gasteiger partial charge in [0, 0.05) is 24.8 Å². The van der Waals surface area contributed by atoms with Crippen LogP contribution in [0.2, 0.25) is 0 Å². The molecule has 0 fully saturated rings. The van der Waals surface area contributed by atoms with Gasteiger partial charge < -0.3 is 10.4 Å². The highest BCUT2D eigenvalue weighted by molar-refractivity contribution is 5.66. The predicted molar refractivity (Wildman–Crippen MR) is 76.7 cm³/mol. The van der Waals surface area contributed by atoms with Crippen LogP contribution in [0.3, 0.4) is 0 Å². The number of hydrogen-bond donors (Lipinski definition) is 2. The largest absolute Gasteiger partial charge is 0.481 e. The first kappa shape index (κ1) is 17.0. The van der Waals surface area contributed by atoms with Crippen LogP contribution in [0.4, 0.5) is 13.2 Å². The van der Waals surface area contributed by atoms with Crippen LogP contribution in [0.25, 0.3) is 0 Å². The van der Waals surface area contributed by atoms with E-state index < -0.39 is 17.7 Å². The Kier molecular flexibility index (Phi) is 5.38. The molecule has 1 aromatic heterocycles. The minimum Gasteiger partial charge on any atom is -0.481 e. The molecular formula is C15H16F3N3O2. The number of nitrogens with one attached hydrogen (secondary N) is 1. The smallest absolute Gasteiger partial charge is 0.416 e. The van der Waals surface area contributed by atoms with Gasteiger partial charge in [0.15, 0.2) is 0 Å². The van der Waals surface area contributed by atoms with Gasteiger partial charge in [0.2, 0.25) is 0 Å². The van der Waals surface area contributed by atoms with Crippen molar-refractivity contribution in [3.8, 4) is 0 Å². The lowest BCUT2D eigenvalue weighted by atomic mass is 10.1. The summed E-state index contributed by atoms with van der Waals surface area (Å²) in [5.41, 5.74) is 0.916. The van der Waals surface area contributed by atoms with Crippen LogP contribution in [0.1, 0.15) is 23.1 Å². The summed E-state index contributed by atoms with van der Waals surface area (Å²) in [6.07, 6.45) is -0.887. The molecule has 0 spiro atoms. The Morgan fingerprint density at radius 3 is 2.52 bits per heavy atom. The van der Waals surface area contributed by atoms with Crippen LogP contribution < -0.4 is 5.32 Å². The predicted octanol–water partition coefficient (Wildman–Crippen LogP) is 2.51. The molecule has 0 aliphatic carbocycles. The highest BCUT2D eigenvalue weighted by atomic mass is 19.4. The van der Waals surface area contributed by atoms with Gasteiger partial charge in [-0.2, -0.15) is 18.3 Å².